The van der Waals surface area contributed by atoms with Crippen LogP contribution < -0.4 is 10.6 Å². The van der Waals surface area contributed by atoms with E-state index < -0.39 is 0 Å². The van der Waals surface area contributed by atoms with E-state index in [0.717, 1.165) is 34.4 Å². The number of aryl methyl sites for hydroxylation is 2. The molecule has 4 heteroatoms. The van der Waals surface area contributed by atoms with Crippen LogP contribution in [0.15, 0.2) is 18.2 Å². The van der Waals surface area contributed by atoms with Crippen molar-refractivity contribution in [3.05, 3.63) is 29.3 Å². The molecule has 2 fully saturated rings. The van der Waals surface area contributed by atoms with Gasteiger partial charge in [0, 0.05) is 31.6 Å². The molecule has 0 atom stereocenters. The maximum atomic E-state index is 12.9. The first-order valence-electron chi connectivity index (χ1n) is 9.53. The molecule has 1 amide bonds. The van der Waals surface area contributed by atoms with Crippen LogP contribution in [0.4, 0.5) is 5.69 Å². The molecule has 2 saturated heterocycles. The summed E-state index contributed by atoms with van der Waals surface area (Å²) >= 11 is 0. The molecule has 0 unspecified atom stereocenters. The Kier molecular flexibility index (Phi) is 5.57. The third kappa shape index (κ3) is 3.81. The van der Waals surface area contributed by atoms with Crippen LogP contribution in [0.3, 0.4) is 0 Å². The molecule has 0 radical (unpaired) electrons. The topological polar surface area (TPSA) is 41.1 Å². The van der Waals surface area contributed by atoms with Gasteiger partial charge in [0.25, 0.3) is 5.91 Å². The minimum absolute atomic E-state index is 0.188. The molecular formula is C20H32N3O+. The van der Waals surface area contributed by atoms with Gasteiger partial charge in [-0.2, -0.15) is 0 Å². The van der Waals surface area contributed by atoms with E-state index in [1.165, 1.54) is 45.2 Å². The fourth-order valence-electron chi connectivity index (χ4n) is 4.63. The third-order valence-corrected chi connectivity index (χ3v) is 5.99. The average Bonchev–Trinajstić information content (AvgIpc) is 2.60. The zero-order valence-corrected chi connectivity index (χ0v) is 15.2. The summed E-state index contributed by atoms with van der Waals surface area (Å²) in [6.45, 7) is 9.32. The SMILES string of the molecule is Cc1cccc(C)c1NC(=O)C[N+]1(C2CCNCC2)CCCCC1. The van der Waals surface area contributed by atoms with Crippen LogP contribution in [0.2, 0.25) is 0 Å². The third-order valence-electron chi connectivity index (χ3n) is 5.99. The number of para-hydroxylation sites is 1. The summed E-state index contributed by atoms with van der Waals surface area (Å²) in [6, 6.07) is 6.84. The van der Waals surface area contributed by atoms with Gasteiger partial charge in [0.15, 0.2) is 6.54 Å². The molecule has 132 valence electrons. The Hall–Kier alpha value is -1.39. The molecule has 0 aliphatic carbocycles. The molecule has 4 nitrogen and oxygen atoms in total. The van der Waals surface area contributed by atoms with Gasteiger partial charge in [0.2, 0.25) is 0 Å². The smallest absolute Gasteiger partial charge is 0.279 e. The number of carbonyl (C=O) groups is 1. The summed E-state index contributed by atoms with van der Waals surface area (Å²) in [6.07, 6.45) is 6.26. The van der Waals surface area contributed by atoms with Crippen LogP contribution >= 0.6 is 0 Å². The van der Waals surface area contributed by atoms with Crippen molar-refractivity contribution in [2.75, 3.05) is 38.0 Å². The second-order valence-corrected chi connectivity index (χ2v) is 7.68. The lowest BCUT2D eigenvalue weighted by Crippen LogP contribution is -2.63. The summed E-state index contributed by atoms with van der Waals surface area (Å²) < 4.78 is 1.01. The normalized spacial score (nSPS) is 21.4. The molecule has 24 heavy (non-hydrogen) atoms. The molecule has 2 aliphatic heterocycles. The standard InChI is InChI=1S/C20H31N3O/c1-16-7-6-8-17(2)20(16)22-19(24)15-23(13-4-3-5-14-23)18-9-11-21-12-10-18/h6-8,18,21H,3-5,9-15H2,1-2H3/p+1. The van der Waals surface area contributed by atoms with Crippen LogP contribution in [0.5, 0.6) is 0 Å². The molecule has 0 aromatic heterocycles. The monoisotopic (exact) mass is 330 g/mol. The molecule has 1 aromatic carbocycles. The van der Waals surface area contributed by atoms with E-state index in [-0.39, 0.29) is 5.91 Å². The zero-order valence-electron chi connectivity index (χ0n) is 15.2. The molecule has 2 N–H and O–H groups in total. The van der Waals surface area contributed by atoms with Gasteiger partial charge >= 0.3 is 0 Å². The largest absolute Gasteiger partial charge is 0.321 e. The first-order valence-corrected chi connectivity index (χ1v) is 9.53. The van der Waals surface area contributed by atoms with Crippen molar-refractivity contribution in [1.29, 1.82) is 0 Å². The van der Waals surface area contributed by atoms with Crippen molar-refractivity contribution in [3.8, 4) is 0 Å². The number of hydrogen-bond acceptors (Lipinski definition) is 2. The number of piperidine rings is 2. The Balaban J connectivity index is 1.73. The summed E-state index contributed by atoms with van der Waals surface area (Å²) in [5, 5.41) is 6.69. The fourth-order valence-corrected chi connectivity index (χ4v) is 4.63. The highest BCUT2D eigenvalue weighted by Crippen LogP contribution is 2.28. The number of likely N-dealkylation sites (tertiary alicyclic amines) is 1. The summed E-state index contributed by atoms with van der Waals surface area (Å²) in [5.74, 6) is 0.188. The highest BCUT2D eigenvalue weighted by atomic mass is 16.2. The van der Waals surface area contributed by atoms with Crippen molar-refractivity contribution >= 4 is 11.6 Å². The minimum atomic E-state index is 0.188. The van der Waals surface area contributed by atoms with E-state index in [9.17, 15) is 4.79 Å². The molecular weight excluding hydrogens is 298 g/mol. The number of hydrogen-bond donors (Lipinski definition) is 2. The molecule has 0 bridgehead atoms. The summed E-state index contributed by atoms with van der Waals surface area (Å²) in [4.78, 5) is 12.9. The highest BCUT2D eigenvalue weighted by molar-refractivity contribution is 5.93. The van der Waals surface area contributed by atoms with E-state index in [0.29, 0.717) is 12.6 Å². The maximum Gasteiger partial charge on any atom is 0.279 e. The van der Waals surface area contributed by atoms with Gasteiger partial charge < -0.3 is 15.1 Å². The number of benzene rings is 1. The number of nitrogens with zero attached hydrogens (tertiary/aromatic N) is 1. The van der Waals surface area contributed by atoms with Gasteiger partial charge in [-0.15, -0.1) is 0 Å². The molecule has 1 aromatic rings. The Labute approximate surface area is 146 Å². The number of nitrogens with one attached hydrogen (secondary N) is 2. The maximum absolute atomic E-state index is 12.9. The van der Waals surface area contributed by atoms with E-state index in [1.807, 2.05) is 6.07 Å². The quantitative estimate of drug-likeness (QED) is 0.833. The molecule has 0 saturated carbocycles. The van der Waals surface area contributed by atoms with Gasteiger partial charge in [-0.1, -0.05) is 18.2 Å². The molecule has 2 heterocycles. The second-order valence-electron chi connectivity index (χ2n) is 7.68. The van der Waals surface area contributed by atoms with E-state index in [4.69, 9.17) is 0 Å². The van der Waals surface area contributed by atoms with Crippen LogP contribution in [0, 0.1) is 13.8 Å². The number of quaternary nitrogens is 1. The lowest BCUT2D eigenvalue weighted by molar-refractivity contribution is -0.949. The molecule has 0 spiro atoms. The van der Waals surface area contributed by atoms with Gasteiger partial charge in [-0.3, -0.25) is 4.79 Å². The molecule has 2 aliphatic rings. The Morgan fingerprint density at radius 3 is 2.38 bits per heavy atom. The van der Waals surface area contributed by atoms with Gasteiger partial charge in [0.1, 0.15) is 0 Å². The van der Waals surface area contributed by atoms with Gasteiger partial charge in [-0.05, 0) is 44.2 Å². The lowest BCUT2D eigenvalue weighted by Gasteiger charge is -2.48. The first-order chi connectivity index (χ1) is 11.6. The predicted octanol–water partition coefficient (Wildman–Crippen LogP) is 2.99. The summed E-state index contributed by atoms with van der Waals surface area (Å²) in [7, 11) is 0. The Bertz CT molecular complexity index is 552. The van der Waals surface area contributed by atoms with Crippen molar-refractivity contribution in [2.24, 2.45) is 0 Å². The minimum Gasteiger partial charge on any atom is -0.321 e. The van der Waals surface area contributed by atoms with Crippen molar-refractivity contribution in [1.82, 2.24) is 5.32 Å². The summed E-state index contributed by atoms with van der Waals surface area (Å²) in [5.41, 5.74) is 3.30. The van der Waals surface area contributed by atoms with E-state index >= 15 is 0 Å². The number of amides is 1. The second kappa shape index (κ2) is 7.66. The van der Waals surface area contributed by atoms with Gasteiger partial charge in [0.05, 0.1) is 19.1 Å². The highest BCUT2D eigenvalue weighted by Gasteiger charge is 2.40. The lowest BCUT2D eigenvalue weighted by atomic mass is 9.96. The Morgan fingerprint density at radius 2 is 1.75 bits per heavy atom. The fraction of sp³-hybridized carbons (Fsp3) is 0.650. The number of rotatable bonds is 4. The average molecular weight is 330 g/mol. The van der Waals surface area contributed by atoms with Gasteiger partial charge in [-0.25, -0.2) is 0 Å². The Morgan fingerprint density at radius 1 is 1.12 bits per heavy atom. The van der Waals surface area contributed by atoms with Crippen LogP contribution in [0.1, 0.15) is 43.2 Å². The van der Waals surface area contributed by atoms with Crippen LogP contribution in [-0.4, -0.2) is 49.2 Å². The molecule has 3 rings (SSSR count). The van der Waals surface area contributed by atoms with Crippen molar-refractivity contribution < 1.29 is 9.28 Å². The van der Waals surface area contributed by atoms with Crippen molar-refractivity contribution in [2.45, 2.75) is 52.0 Å². The number of anilines is 1. The van der Waals surface area contributed by atoms with Crippen LogP contribution in [0.25, 0.3) is 0 Å². The number of carbonyl (C=O) groups excluding carboxylic acids is 1. The van der Waals surface area contributed by atoms with E-state index in [2.05, 4.69) is 36.6 Å². The van der Waals surface area contributed by atoms with Crippen molar-refractivity contribution in [3.63, 3.8) is 0 Å². The predicted molar refractivity (Wildman–Crippen MR) is 99.1 cm³/mol. The van der Waals surface area contributed by atoms with Crippen LogP contribution in [-0.2, 0) is 4.79 Å². The van der Waals surface area contributed by atoms with E-state index in [1.54, 1.807) is 0 Å². The first kappa shape index (κ1) is 17.4. The zero-order chi connectivity index (χ0) is 17.0.